The Morgan fingerprint density at radius 2 is 2.12 bits per heavy atom. The third kappa shape index (κ3) is 2.34. The Morgan fingerprint density at radius 3 is 2.82 bits per heavy atom. The molecule has 1 atom stereocenters. The minimum Gasteiger partial charge on any atom is -0.385 e. The minimum atomic E-state index is -1.11. The maximum Gasteiger partial charge on any atom is 0.123 e. The van der Waals surface area contributed by atoms with E-state index in [-0.39, 0.29) is 6.42 Å². The number of rotatable bonds is 3. The van der Waals surface area contributed by atoms with Crippen LogP contribution >= 0.6 is 0 Å². The zero-order valence-corrected chi connectivity index (χ0v) is 9.97. The van der Waals surface area contributed by atoms with Gasteiger partial charge in [-0.05, 0) is 37.6 Å². The predicted octanol–water partition coefficient (Wildman–Crippen LogP) is 2.34. The first-order valence-corrected chi connectivity index (χ1v) is 5.57. The molecule has 1 heterocycles. The first kappa shape index (κ1) is 11.7. The van der Waals surface area contributed by atoms with Gasteiger partial charge in [0.15, 0.2) is 0 Å². The van der Waals surface area contributed by atoms with Gasteiger partial charge in [-0.1, -0.05) is 12.1 Å². The van der Waals surface area contributed by atoms with Crippen LogP contribution in [-0.2, 0) is 10.4 Å². The van der Waals surface area contributed by atoms with Gasteiger partial charge in [-0.3, -0.25) is 4.98 Å². The molecule has 1 aromatic carbocycles. The Kier molecular flexibility index (Phi) is 2.94. The van der Waals surface area contributed by atoms with Crippen molar-refractivity contribution in [3.63, 3.8) is 0 Å². The number of pyridine rings is 1. The molecule has 0 spiro atoms. The lowest BCUT2D eigenvalue weighted by Gasteiger charge is -2.21. The monoisotopic (exact) mass is 229 g/mol. The molecule has 1 N–H and O–H groups in total. The molecule has 2 aromatic rings. The lowest BCUT2D eigenvalue weighted by molar-refractivity contribution is -0.112. The van der Waals surface area contributed by atoms with Gasteiger partial charge in [0.05, 0.1) is 11.1 Å². The van der Waals surface area contributed by atoms with Crippen molar-refractivity contribution in [1.29, 1.82) is 0 Å². The number of nitrogens with zero attached hydrogens (tertiary/aromatic N) is 1. The van der Waals surface area contributed by atoms with Crippen LogP contribution in [0, 0.1) is 6.92 Å². The van der Waals surface area contributed by atoms with Crippen LogP contribution in [0.2, 0.25) is 0 Å². The number of hydrogen-bond acceptors (Lipinski definition) is 3. The van der Waals surface area contributed by atoms with Crippen LogP contribution in [0.15, 0.2) is 30.3 Å². The molecule has 0 aliphatic rings. The topological polar surface area (TPSA) is 50.2 Å². The second kappa shape index (κ2) is 4.26. The van der Waals surface area contributed by atoms with Gasteiger partial charge in [0.1, 0.15) is 6.29 Å². The third-order valence-corrected chi connectivity index (χ3v) is 2.93. The first-order valence-electron chi connectivity index (χ1n) is 5.57. The second-order valence-corrected chi connectivity index (χ2v) is 4.50. The SMILES string of the molecule is Cc1ccc2cc(C(C)(O)CC=O)ccc2n1. The summed E-state index contributed by atoms with van der Waals surface area (Å²) in [5.41, 5.74) is 1.49. The van der Waals surface area contributed by atoms with Gasteiger partial charge < -0.3 is 9.90 Å². The van der Waals surface area contributed by atoms with E-state index < -0.39 is 5.60 Å². The van der Waals surface area contributed by atoms with Gasteiger partial charge in [0.25, 0.3) is 0 Å². The van der Waals surface area contributed by atoms with Gasteiger partial charge in [-0.2, -0.15) is 0 Å². The van der Waals surface area contributed by atoms with Crippen LogP contribution in [0.25, 0.3) is 10.9 Å². The molecular weight excluding hydrogens is 214 g/mol. The molecule has 0 aliphatic heterocycles. The molecule has 0 saturated carbocycles. The Morgan fingerprint density at radius 1 is 1.35 bits per heavy atom. The highest BCUT2D eigenvalue weighted by Gasteiger charge is 2.22. The fourth-order valence-electron chi connectivity index (χ4n) is 1.84. The Balaban J connectivity index is 2.51. The summed E-state index contributed by atoms with van der Waals surface area (Å²) in [5.74, 6) is 0. The van der Waals surface area contributed by atoms with E-state index in [2.05, 4.69) is 4.98 Å². The number of aliphatic hydroxyl groups is 1. The van der Waals surface area contributed by atoms with Crippen molar-refractivity contribution >= 4 is 17.2 Å². The number of aromatic nitrogens is 1. The van der Waals surface area contributed by atoms with Crippen LogP contribution in [-0.4, -0.2) is 16.4 Å². The quantitative estimate of drug-likeness (QED) is 0.822. The summed E-state index contributed by atoms with van der Waals surface area (Å²) in [7, 11) is 0. The molecule has 1 aromatic heterocycles. The van der Waals surface area contributed by atoms with Crippen LogP contribution in [0.1, 0.15) is 24.6 Å². The van der Waals surface area contributed by atoms with Gasteiger partial charge in [0, 0.05) is 17.5 Å². The van der Waals surface area contributed by atoms with E-state index in [9.17, 15) is 9.90 Å². The zero-order chi connectivity index (χ0) is 12.5. The maximum atomic E-state index is 10.5. The average Bonchev–Trinajstić information content (AvgIpc) is 2.28. The molecule has 1 unspecified atom stereocenters. The van der Waals surface area contributed by atoms with E-state index in [1.165, 1.54) is 0 Å². The van der Waals surface area contributed by atoms with Crippen molar-refractivity contribution in [3.05, 3.63) is 41.6 Å². The minimum absolute atomic E-state index is 0.0950. The Hall–Kier alpha value is -1.74. The summed E-state index contributed by atoms with van der Waals surface area (Å²) >= 11 is 0. The maximum absolute atomic E-state index is 10.5. The summed E-state index contributed by atoms with van der Waals surface area (Å²) in [4.78, 5) is 14.9. The van der Waals surface area contributed by atoms with E-state index in [1.807, 2.05) is 37.3 Å². The highest BCUT2D eigenvalue weighted by molar-refractivity contribution is 5.79. The summed E-state index contributed by atoms with van der Waals surface area (Å²) in [6, 6.07) is 9.47. The van der Waals surface area contributed by atoms with Crippen molar-refractivity contribution in [2.75, 3.05) is 0 Å². The molecule has 2 rings (SSSR count). The lowest BCUT2D eigenvalue weighted by atomic mass is 9.92. The van der Waals surface area contributed by atoms with Crippen LogP contribution < -0.4 is 0 Å². The van der Waals surface area contributed by atoms with Gasteiger partial charge in [-0.25, -0.2) is 0 Å². The predicted molar refractivity (Wildman–Crippen MR) is 66.7 cm³/mol. The molecule has 0 amide bonds. The van der Waals surface area contributed by atoms with E-state index in [4.69, 9.17) is 0 Å². The smallest absolute Gasteiger partial charge is 0.123 e. The largest absolute Gasteiger partial charge is 0.385 e. The van der Waals surface area contributed by atoms with Crippen LogP contribution in [0.4, 0.5) is 0 Å². The highest BCUT2D eigenvalue weighted by Crippen LogP contribution is 2.26. The normalized spacial score (nSPS) is 14.5. The molecule has 17 heavy (non-hydrogen) atoms. The average molecular weight is 229 g/mol. The standard InChI is InChI=1S/C14H15NO2/c1-10-3-4-11-9-12(5-6-13(11)15-10)14(2,17)7-8-16/h3-6,8-9,17H,7H2,1-2H3. The molecule has 3 nitrogen and oxygen atoms in total. The number of carbonyl (C=O) groups excluding carboxylic acids is 1. The van der Waals surface area contributed by atoms with Crippen molar-refractivity contribution in [2.45, 2.75) is 25.9 Å². The first-order chi connectivity index (χ1) is 8.03. The highest BCUT2D eigenvalue weighted by atomic mass is 16.3. The third-order valence-electron chi connectivity index (χ3n) is 2.93. The molecule has 0 radical (unpaired) electrons. The van der Waals surface area contributed by atoms with E-state index in [0.717, 1.165) is 28.4 Å². The molecule has 88 valence electrons. The molecule has 3 heteroatoms. The van der Waals surface area contributed by atoms with Crippen LogP contribution in [0.5, 0.6) is 0 Å². The molecule has 0 bridgehead atoms. The van der Waals surface area contributed by atoms with Crippen LogP contribution in [0.3, 0.4) is 0 Å². The number of benzene rings is 1. The summed E-state index contributed by atoms with van der Waals surface area (Å²) in [5, 5.41) is 11.1. The number of aryl methyl sites for hydroxylation is 1. The Bertz CT molecular complexity index is 561. The van der Waals surface area contributed by atoms with E-state index >= 15 is 0 Å². The number of hydrogen-bond donors (Lipinski definition) is 1. The summed E-state index contributed by atoms with van der Waals surface area (Å²) in [6.07, 6.45) is 0.829. The summed E-state index contributed by atoms with van der Waals surface area (Å²) in [6.45, 7) is 3.58. The zero-order valence-electron chi connectivity index (χ0n) is 9.97. The fraction of sp³-hybridized carbons (Fsp3) is 0.286. The van der Waals surface area contributed by atoms with Gasteiger partial charge in [-0.15, -0.1) is 0 Å². The van der Waals surface area contributed by atoms with E-state index in [0.29, 0.717) is 0 Å². The van der Waals surface area contributed by atoms with Crippen molar-refractivity contribution in [3.8, 4) is 0 Å². The molecular formula is C14H15NO2. The Labute approximate surface area is 100 Å². The molecule has 0 aliphatic carbocycles. The number of carbonyl (C=O) groups is 1. The van der Waals surface area contributed by atoms with Gasteiger partial charge >= 0.3 is 0 Å². The van der Waals surface area contributed by atoms with Crippen molar-refractivity contribution in [2.24, 2.45) is 0 Å². The number of aldehydes is 1. The lowest BCUT2D eigenvalue weighted by Crippen LogP contribution is -2.21. The molecule has 0 saturated heterocycles. The van der Waals surface area contributed by atoms with Crippen molar-refractivity contribution in [1.82, 2.24) is 4.98 Å². The molecule has 0 fully saturated rings. The van der Waals surface area contributed by atoms with E-state index in [1.54, 1.807) is 6.92 Å². The van der Waals surface area contributed by atoms with Crippen molar-refractivity contribution < 1.29 is 9.90 Å². The van der Waals surface area contributed by atoms with Gasteiger partial charge in [0.2, 0.25) is 0 Å². The fourth-order valence-corrected chi connectivity index (χ4v) is 1.84. The summed E-state index contributed by atoms with van der Waals surface area (Å²) < 4.78 is 0. The second-order valence-electron chi connectivity index (χ2n) is 4.50. The number of fused-ring (bicyclic) bond motifs is 1.